The summed E-state index contributed by atoms with van der Waals surface area (Å²) in [6.07, 6.45) is 4.87. The number of benzene rings is 1. The van der Waals surface area contributed by atoms with E-state index in [0.29, 0.717) is 31.9 Å². The highest BCUT2D eigenvalue weighted by Gasteiger charge is 2.20. The molecule has 0 spiro atoms. The van der Waals surface area contributed by atoms with Crippen molar-refractivity contribution >= 4 is 12.7 Å². The zero-order chi connectivity index (χ0) is 24.2. The molecule has 0 bridgehead atoms. The van der Waals surface area contributed by atoms with E-state index in [2.05, 4.69) is 37.5 Å². The minimum Gasteiger partial charge on any atom is -0.493 e. The van der Waals surface area contributed by atoms with E-state index < -0.39 is 11.9 Å². The van der Waals surface area contributed by atoms with Crippen molar-refractivity contribution in [3.05, 3.63) is 66.0 Å². The molecule has 0 unspecified atom stereocenters. The molecule has 180 valence electrons. The van der Waals surface area contributed by atoms with Crippen molar-refractivity contribution < 1.29 is 18.7 Å². The maximum atomic E-state index is 13.6. The van der Waals surface area contributed by atoms with Gasteiger partial charge in [0.1, 0.15) is 12.5 Å². The van der Waals surface area contributed by atoms with E-state index in [-0.39, 0.29) is 19.0 Å². The lowest BCUT2D eigenvalue weighted by Gasteiger charge is -2.25. The molecule has 1 aliphatic heterocycles. The lowest BCUT2D eigenvalue weighted by atomic mass is 10.1. The van der Waals surface area contributed by atoms with E-state index in [1.807, 2.05) is 24.3 Å². The van der Waals surface area contributed by atoms with Crippen molar-refractivity contribution in [2.24, 2.45) is 16.8 Å². The van der Waals surface area contributed by atoms with E-state index >= 15 is 0 Å². The summed E-state index contributed by atoms with van der Waals surface area (Å²) in [6.45, 7) is 12.6. The molecule has 1 atom stereocenters. The van der Waals surface area contributed by atoms with Gasteiger partial charge in [0.2, 0.25) is 0 Å². The van der Waals surface area contributed by atoms with Crippen LogP contribution in [0.5, 0.6) is 5.75 Å². The summed E-state index contributed by atoms with van der Waals surface area (Å²) in [7, 11) is 0. The van der Waals surface area contributed by atoms with E-state index in [1.54, 1.807) is 11.2 Å². The van der Waals surface area contributed by atoms with Crippen molar-refractivity contribution in [2.45, 2.75) is 33.1 Å². The van der Waals surface area contributed by atoms with Gasteiger partial charge in [0, 0.05) is 31.1 Å². The number of nitrogens with one attached hydrogen (secondary N) is 1. The summed E-state index contributed by atoms with van der Waals surface area (Å²) < 4.78 is 25.0. The Labute approximate surface area is 195 Å². The van der Waals surface area contributed by atoms with Crippen LogP contribution in [0.2, 0.25) is 0 Å². The highest BCUT2D eigenvalue weighted by Crippen LogP contribution is 2.17. The topological polar surface area (TPSA) is 92.4 Å². The third-order valence-electron chi connectivity index (χ3n) is 5.19. The standard InChI is InChI=1S/C24H34FN5O3/c1-5-18(2)16-33-22-8-6-7-20(13-22)9-11-30(26)21(14-27-4)10-12-32-17-29-15-23(25)19(3)28-24(29)31/h6-8,13-15,18H,3-5,9-12,16-17,26H2,1-2H3,(H,28,31)/b21-14-/t18-/m0/s1. The van der Waals surface area contributed by atoms with Crippen molar-refractivity contribution in [1.29, 1.82) is 0 Å². The molecule has 33 heavy (non-hydrogen) atoms. The molecule has 1 aromatic rings. The van der Waals surface area contributed by atoms with Crippen molar-refractivity contribution in [1.82, 2.24) is 15.2 Å². The Kier molecular flexibility index (Phi) is 10.6. The number of carbonyl (C=O) groups excluding carboxylic acids is 1. The SMILES string of the molecule is C=N/C=C(/CCOCN1C=C(F)C(=C)NC1=O)N(N)CCc1cccc(OC[C@@H](C)CC)c1. The number of allylic oxidation sites excluding steroid dienone is 1. The Morgan fingerprint density at radius 2 is 2.24 bits per heavy atom. The number of nitrogens with two attached hydrogens (primary N) is 1. The third-order valence-corrected chi connectivity index (χ3v) is 5.19. The van der Waals surface area contributed by atoms with Gasteiger partial charge in [-0.25, -0.2) is 15.0 Å². The molecular weight excluding hydrogens is 425 g/mol. The largest absolute Gasteiger partial charge is 0.493 e. The van der Waals surface area contributed by atoms with Gasteiger partial charge in [-0.3, -0.25) is 9.89 Å². The highest BCUT2D eigenvalue weighted by molar-refractivity contribution is 5.79. The maximum absolute atomic E-state index is 13.6. The number of ether oxygens (including phenoxy) is 2. The highest BCUT2D eigenvalue weighted by atomic mass is 19.1. The molecule has 0 aliphatic carbocycles. The zero-order valence-electron chi connectivity index (χ0n) is 19.4. The van der Waals surface area contributed by atoms with Crippen LogP contribution in [0.3, 0.4) is 0 Å². The fourth-order valence-corrected chi connectivity index (χ4v) is 2.90. The molecule has 0 aromatic heterocycles. The first-order valence-corrected chi connectivity index (χ1v) is 10.9. The smallest absolute Gasteiger partial charge is 0.327 e. The van der Waals surface area contributed by atoms with Gasteiger partial charge in [-0.1, -0.05) is 39.0 Å². The van der Waals surface area contributed by atoms with Crippen LogP contribution in [0.25, 0.3) is 0 Å². The first-order chi connectivity index (χ1) is 15.8. The fraction of sp³-hybridized carbons (Fsp3) is 0.417. The number of hydrogen-bond donors (Lipinski definition) is 2. The minimum atomic E-state index is -0.614. The molecule has 0 saturated heterocycles. The van der Waals surface area contributed by atoms with Gasteiger partial charge in [0.15, 0.2) is 5.83 Å². The van der Waals surface area contributed by atoms with Crippen molar-refractivity contribution in [2.75, 3.05) is 26.5 Å². The minimum absolute atomic E-state index is 0.0649. The molecule has 3 N–H and O–H groups in total. The van der Waals surface area contributed by atoms with Gasteiger partial charge in [0.25, 0.3) is 0 Å². The van der Waals surface area contributed by atoms with E-state index in [4.69, 9.17) is 15.3 Å². The summed E-state index contributed by atoms with van der Waals surface area (Å²) in [5.74, 6) is 6.98. The molecule has 9 heteroatoms. The molecule has 0 saturated carbocycles. The van der Waals surface area contributed by atoms with Crippen LogP contribution in [0, 0.1) is 5.92 Å². The predicted molar refractivity (Wildman–Crippen MR) is 128 cm³/mol. The Morgan fingerprint density at radius 3 is 2.97 bits per heavy atom. The quantitative estimate of drug-likeness (QED) is 0.189. The average molecular weight is 460 g/mol. The third kappa shape index (κ3) is 8.70. The summed E-state index contributed by atoms with van der Waals surface area (Å²) in [6, 6.07) is 7.49. The van der Waals surface area contributed by atoms with Gasteiger partial charge < -0.3 is 19.8 Å². The van der Waals surface area contributed by atoms with E-state index in [9.17, 15) is 9.18 Å². The fourth-order valence-electron chi connectivity index (χ4n) is 2.90. The van der Waals surface area contributed by atoms with Crippen LogP contribution < -0.4 is 15.9 Å². The number of amides is 2. The van der Waals surface area contributed by atoms with E-state index in [0.717, 1.165) is 34.5 Å². The summed E-state index contributed by atoms with van der Waals surface area (Å²) in [5.41, 5.74) is 1.78. The van der Waals surface area contributed by atoms with Crippen LogP contribution in [-0.2, 0) is 11.2 Å². The molecule has 8 nitrogen and oxygen atoms in total. The molecule has 0 fully saturated rings. The number of aliphatic imine (C=N–C) groups is 1. The normalized spacial score (nSPS) is 15.1. The first kappa shape index (κ1) is 26.1. The molecule has 0 radical (unpaired) electrons. The zero-order valence-corrected chi connectivity index (χ0v) is 19.4. The van der Waals surface area contributed by atoms with E-state index in [1.165, 1.54) is 0 Å². The second-order valence-corrected chi connectivity index (χ2v) is 7.86. The van der Waals surface area contributed by atoms with Crippen molar-refractivity contribution in [3.8, 4) is 5.75 Å². The van der Waals surface area contributed by atoms with Crippen LogP contribution in [0.1, 0.15) is 32.3 Å². The number of urea groups is 1. The van der Waals surface area contributed by atoms with Crippen LogP contribution >= 0.6 is 0 Å². The number of carbonyl (C=O) groups is 1. The number of hydrogen-bond acceptors (Lipinski definition) is 6. The predicted octanol–water partition coefficient (Wildman–Crippen LogP) is 4.09. The Morgan fingerprint density at radius 1 is 1.45 bits per heavy atom. The first-order valence-electron chi connectivity index (χ1n) is 10.9. The number of rotatable bonds is 14. The van der Waals surface area contributed by atoms with Crippen molar-refractivity contribution in [3.63, 3.8) is 0 Å². The number of halogens is 1. The van der Waals surface area contributed by atoms with Gasteiger partial charge in [-0.05, 0) is 36.8 Å². The lowest BCUT2D eigenvalue weighted by Crippen LogP contribution is -2.41. The molecule has 2 amide bonds. The maximum Gasteiger partial charge on any atom is 0.327 e. The number of hydrazine groups is 1. The van der Waals surface area contributed by atoms with Gasteiger partial charge in [0.05, 0.1) is 18.9 Å². The van der Waals surface area contributed by atoms with Crippen LogP contribution in [-0.4, -0.2) is 49.1 Å². The average Bonchev–Trinajstić information content (AvgIpc) is 2.81. The molecule has 1 heterocycles. The second-order valence-electron chi connectivity index (χ2n) is 7.86. The Hall–Kier alpha value is -3.17. The monoisotopic (exact) mass is 459 g/mol. The lowest BCUT2D eigenvalue weighted by molar-refractivity contribution is 0.0652. The van der Waals surface area contributed by atoms with Crippen LogP contribution in [0.15, 0.2) is 65.5 Å². The second kappa shape index (κ2) is 13.4. The molecule has 1 aromatic carbocycles. The van der Waals surface area contributed by atoms with Gasteiger partial charge in [-0.2, -0.15) is 0 Å². The summed E-state index contributed by atoms with van der Waals surface area (Å²) in [4.78, 5) is 16.7. The molecular formula is C24H34FN5O3. The number of nitrogens with zero attached hydrogens (tertiary/aromatic N) is 3. The summed E-state index contributed by atoms with van der Waals surface area (Å²) >= 11 is 0. The van der Waals surface area contributed by atoms with Crippen LogP contribution in [0.4, 0.5) is 9.18 Å². The summed E-state index contributed by atoms with van der Waals surface area (Å²) in [5, 5.41) is 3.92. The van der Waals surface area contributed by atoms with Gasteiger partial charge >= 0.3 is 6.03 Å². The molecule has 2 rings (SSSR count). The molecule has 1 aliphatic rings. The van der Waals surface area contributed by atoms with Gasteiger partial charge in [-0.15, -0.1) is 0 Å². The Bertz CT molecular complexity index is 887. The Balaban J connectivity index is 1.81.